The molecule has 2 atom stereocenters. The Morgan fingerprint density at radius 2 is 1.88 bits per heavy atom. The Bertz CT molecular complexity index is 348. The van der Waals surface area contributed by atoms with Crippen LogP contribution >= 0.6 is 0 Å². The molecule has 16 heavy (non-hydrogen) atoms. The molecule has 1 aromatic rings. The lowest BCUT2D eigenvalue weighted by atomic mass is 10.0. The summed E-state index contributed by atoms with van der Waals surface area (Å²) in [5.41, 5.74) is 1.80. The first-order valence-corrected chi connectivity index (χ1v) is 5.92. The molecular formula is C14H20N2. The zero-order valence-corrected chi connectivity index (χ0v) is 10.3. The molecule has 86 valence electrons. The van der Waals surface area contributed by atoms with E-state index in [1.54, 1.807) is 0 Å². The molecule has 0 aliphatic rings. The van der Waals surface area contributed by atoms with Crippen molar-refractivity contribution in [2.75, 3.05) is 5.32 Å². The number of rotatable bonds is 5. The summed E-state index contributed by atoms with van der Waals surface area (Å²) in [6.45, 7) is 6.69. The Balaban J connectivity index is 2.50. The second kappa shape index (κ2) is 6.17. The average molecular weight is 216 g/mol. The monoisotopic (exact) mass is 216 g/mol. The van der Waals surface area contributed by atoms with Gasteiger partial charge in [-0.25, -0.2) is 0 Å². The van der Waals surface area contributed by atoms with Gasteiger partial charge in [0.1, 0.15) is 0 Å². The maximum Gasteiger partial charge on any atom is 0.0991 e. The van der Waals surface area contributed by atoms with Crippen molar-refractivity contribution in [3.05, 3.63) is 29.8 Å². The highest BCUT2D eigenvalue weighted by atomic mass is 14.9. The molecule has 0 aliphatic heterocycles. The third kappa shape index (κ3) is 3.94. The van der Waals surface area contributed by atoms with Crippen LogP contribution in [0.5, 0.6) is 0 Å². The summed E-state index contributed by atoms with van der Waals surface area (Å²) in [5, 5.41) is 12.1. The number of nitriles is 1. The highest BCUT2D eigenvalue weighted by Crippen LogP contribution is 2.15. The fraction of sp³-hybridized carbons (Fsp3) is 0.500. The number of benzene rings is 1. The summed E-state index contributed by atoms with van der Waals surface area (Å²) >= 11 is 0. The fourth-order valence-corrected chi connectivity index (χ4v) is 1.75. The molecule has 1 aromatic carbocycles. The lowest BCUT2D eigenvalue weighted by molar-refractivity contribution is 0.484. The van der Waals surface area contributed by atoms with Crippen molar-refractivity contribution < 1.29 is 0 Å². The second-order valence-electron chi connectivity index (χ2n) is 4.48. The Morgan fingerprint density at radius 3 is 2.38 bits per heavy atom. The summed E-state index contributed by atoms with van der Waals surface area (Å²) < 4.78 is 0. The van der Waals surface area contributed by atoms with E-state index >= 15 is 0 Å². The van der Waals surface area contributed by atoms with E-state index in [1.807, 2.05) is 24.3 Å². The molecule has 1 rings (SSSR count). The lowest BCUT2D eigenvalue weighted by Gasteiger charge is -2.18. The highest BCUT2D eigenvalue weighted by molar-refractivity contribution is 5.47. The standard InChI is InChI=1S/C14H20N2/c1-4-11(2)9-12(3)16-14-7-5-13(10-15)6-8-14/h5-8,11-12,16H,4,9H2,1-3H3. The van der Waals surface area contributed by atoms with E-state index in [0.717, 1.165) is 11.6 Å². The largest absolute Gasteiger partial charge is 0.383 e. The molecule has 0 bridgehead atoms. The van der Waals surface area contributed by atoms with Crippen LogP contribution in [0.15, 0.2) is 24.3 Å². The van der Waals surface area contributed by atoms with E-state index in [2.05, 4.69) is 32.2 Å². The Labute approximate surface area is 98.3 Å². The minimum atomic E-state index is 0.475. The first kappa shape index (κ1) is 12.6. The van der Waals surface area contributed by atoms with Gasteiger partial charge >= 0.3 is 0 Å². The molecule has 0 aromatic heterocycles. The van der Waals surface area contributed by atoms with Crippen LogP contribution in [0.2, 0.25) is 0 Å². The zero-order chi connectivity index (χ0) is 12.0. The van der Waals surface area contributed by atoms with Gasteiger partial charge in [-0.15, -0.1) is 0 Å². The van der Waals surface area contributed by atoms with Gasteiger partial charge in [-0.1, -0.05) is 20.3 Å². The van der Waals surface area contributed by atoms with Crippen LogP contribution in [0.4, 0.5) is 5.69 Å². The van der Waals surface area contributed by atoms with Crippen molar-refractivity contribution in [3.8, 4) is 6.07 Å². The highest BCUT2D eigenvalue weighted by Gasteiger charge is 2.06. The number of nitrogens with zero attached hydrogens (tertiary/aromatic N) is 1. The molecule has 2 nitrogen and oxygen atoms in total. The van der Waals surface area contributed by atoms with Gasteiger partial charge in [-0.3, -0.25) is 0 Å². The fourth-order valence-electron chi connectivity index (χ4n) is 1.75. The lowest BCUT2D eigenvalue weighted by Crippen LogP contribution is -2.18. The molecule has 0 aliphatic carbocycles. The van der Waals surface area contributed by atoms with E-state index in [0.29, 0.717) is 11.6 Å². The minimum Gasteiger partial charge on any atom is -0.383 e. The summed E-state index contributed by atoms with van der Waals surface area (Å²) in [6.07, 6.45) is 2.40. The number of anilines is 1. The summed E-state index contributed by atoms with van der Waals surface area (Å²) in [7, 11) is 0. The van der Waals surface area contributed by atoms with Crippen molar-refractivity contribution >= 4 is 5.69 Å². The first-order valence-electron chi connectivity index (χ1n) is 5.92. The van der Waals surface area contributed by atoms with E-state index < -0.39 is 0 Å². The van der Waals surface area contributed by atoms with E-state index in [4.69, 9.17) is 5.26 Å². The molecule has 2 heteroatoms. The van der Waals surface area contributed by atoms with E-state index in [9.17, 15) is 0 Å². The van der Waals surface area contributed by atoms with Crippen LogP contribution in [0, 0.1) is 17.2 Å². The molecule has 0 saturated heterocycles. The summed E-state index contributed by atoms with van der Waals surface area (Å²) in [6, 6.07) is 10.2. The van der Waals surface area contributed by atoms with Gasteiger partial charge in [0, 0.05) is 11.7 Å². The topological polar surface area (TPSA) is 35.8 Å². The van der Waals surface area contributed by atoms with E-state index in [1.165, 1.54) is 12.8 Å². The maximum atomic E-state index is 8.69. The maximum absolute atomic E-state index is 8.69. The predicted molar refractivity (Wildman–Crippen MR) is 68.3 cm³/mol. The van der Waals surface area contributed by atoms with Crippen molar-refractivity contribution in [2.45, 2.75) is 39.7 Å². The van der Waals surface area contributed by atoms with Crippen molar-refractivity contribution in [3.63, 3.8) is 0 Å². The average Bonchev–Trinajstić information content (AvgIpc) is 2.29. The van der Waals surface area contributed by atoms with Gasteiger partial charge < -0.3 is 5.32 Å². The Hall–Kier alpha value is -1.49. The molecule has 0 fully saturated rings. The smallest absolute Gasteiger partial charge is 0.0991 e. The van der Waals surface area contributed by atoms with Gasteiger partial charge in [-0.05, 0) is 43.5 Å². The van der Waals surface area contributed by atoms with Crippen LogP contribution < -0.4 is 5.32 Å². The summed E-state index contributed by atoms with van der Waals surface area (Å²) in [4.78, 5) is 0. The number of nitrogens with one attached hydrogen (secondary N) is 1. The van der Waals surface area contributed by atoms with Gasteiger partial charge in [0.25, 0.3) is 0 Å². The van der Waals surface area contributed by atoms with E-state index in [-0.39, 0.29) is 0 Å². The molecule has 0 amide bonds. The molecular weight excluding hydrogens is 196 g/mol. The minimum absolute atomic E-state index is 0.475. The molecule has 0 radical (unpaired) electrons. The normalized spacial score (nSPS) is 13.9. The second-order valence-corrected chi connectivity index (χ2v) is 4.48. The molecule has 0 saturated carbocycles. The van der Waals surface area contributed by atoms with Gasteiger partial charge in [0.2, 0.25) is 0 Å². The van der Waals surface area contributed by atoms with Crippen molar-refractivity contribution in [1.82, 2.24) is 0 Å². The van der Waals surface area contributed by atoms with Crippen LogP contribution in [0.3, 0.4) is 0 Å². The summed E-state index contributed by atoms with van der Waals surface area (Å²) in [5.74, 6) is 0.751. The first-order chi connectivity index (χ1) is 7.65. The van der Waals surface area contributed by atoms with Gasteiger partial charge in [-0.2, -0.15) is 5.26 Å². The van der Waals surface area contributed by atoms with Gasteiger partial charge in [0.15, 0.2) is 0 Å². The Kier molecular flexibility index (Phi) is 4.85. The molecule has 0 spiro atoms. The van der Waals surface area contributed by atoms with Crippen LogP contribution in [-0.2, 0) is 0 Å². The predicted octanol–water partition coefficient (Wildman–Crippen LogP) is 3.79. The SMILES string of the molecule is CCC(C)CC(C)Nc1ccc(C#N)cc1. The number of hydrogen-bond acceptors (Lipinski definition) is 2. The molecule has 2 unspecified atom stereocenters. The van der Waals surface area contributed by atoms with Crippen LogP contribution in [0.25, 0.3) is 0 Å². The quantitative estimate of drug-likeness (QED) is 0.812. The molecule has 1 N–H and O–H groups in total. The number of hydrogen-bond donors (Lipinski definition) is 1. The van der Waals surface area contributed by atoms with Gasteiger partial charge in [0.05, 0.1) is 11.6 Å². The van der Waals surface area contributed by atoms with Crippen molar-refractivity contribution in [1.29, 1.82) is 5.26 Å². The third-order valence-corrected chi connectivity index (χ3v) is 2.88. The third-order valence-electron chi connectivity index (χ3n) is 2.88. The van der Waals surface area contributed by atoms with Crippen LogP contribution in [0.1, 0.15) is 39.2 Å². The van der Waals surface area contributed by atoms with Crippen molar-refractivity contribution in [2.24, 2.45) is 5.92 Å². The zero-order valence-electron chi connectivity index (χ0n) is 10.3. The van der Waals surface area contributed by atoms with Crippen LogP contribution in [-0.4, -0.2) is 6.04 Å². The Morgan fingerprint density at radius 1 is 1.25 bits per heavy atom. The molecule has 0 heterocycles.